The van der Waals surface area contributed by atoms with E-state index in [4.69, 9.17) is 0 Å². The first-order chi connectivity index (χ1) is 10.8. The summed E-state index contributed by atoms with van der Waals surface area (Å²) in [6.07, 6.45) is 2.15. The molecule has 1 aromatic carbocycles. The largest absolute Gasteiger partial charge is 0.332 e. The van der Waals surface area contributed by atoms with E-state index in [1.165, 1.54) is 12.1 Å². The second-order valence-corrected chi connectivity index (χ2v) is 9.31. The van der Waals surface area contributed by atoms with E-state index in [2.05, 4.69) is 0 Å². The molecule has 1 heterocycles. The van der Waals surface area contributed by atoms with E-state index in [1.54, 1.807) is 11.0 Å². The first-order valence-corrected chi connectivity index (χ1v) is 10.2. The zero-order chi connectivity index (χ0) is 16.8. The molecule has 9 heteroatoms. The van der Waals surface area contributed by atoms with Crippen molar-refractivity contribution in [3.05, 3.63) is 37.4 Å². The fraction of sp³-hybridized carbons (Fsp3) is 0.500. The van der Waals surface area contributed by atoms with Crippen molar-refractivity contribution in [2.45, 2.75) is 31.3 Å². The van der Waals surface area contributed by atoms with Gasteiger partial charge >= 0.3 is 0 Å². The summed E-state index contributed by atoms with van der Waals surface area (Å²) in [6.45, 7) is 0. The summed E-state index contributed by atoms with van der Waals surface area (Å²) >= 11 is 1.97. The Labute approximate surface area is 147 Å². The molecular formula is C14H15IN2O5S. The van der Waals surface area contributed by atoms with E-state index < -0.39 is 14.8 Å². The lowest BCUT2D eigenvalue weighted by molar-refractivity contribution is -0.384. The second kappa shape index (κ2) is 6.00. The summed E-state index contributed by atoms with van der Waals surface area (Å²) in [4.78, 5) is 25.0. The Balaban J connectivity index is 1.93. The summed E-state index contributed by atoms with van der Waals surface area (Å²) in [5, 5.41) is 10.9. The van der Waals surface area contributed by atoms with Gasteiger partial charge in [-0.3, -0.25) is 14.9 Å². The molecule has 0 radical (unpaired) electrons. The van der Waals surface area contributed by atoms with Crippen molar-refractivity contribution in [2.75, 3.05) is 11.5 Å². The third kappa shape index (κ3) is 3.49. The van der Waals surface area contributed by atoms with Gasteiger partial charge in [-0.25, -0.2) is 8.42 Å². The molecule has 0 bridgehead atoms. The molecule has 0 spiro atoms. The van der Waals surface area contributed by atoms with Gasteiger partial charge in [0.25, 0.3) is 11.6 Å². The molecule has 0 N–H and O–H groups in total. The van der Waals surface area contributed by atoms with Crippen LogP contribution in [-0.4, -0.2) is 47.7 Å². The van der Waals surface area contributed by atoms with Gasteiger partial charge in [-0.1, -0.05) is 0 Å². The number of nitrogens with zero attached hydrogens (tertiary/aromatic N) is 2. The van der Waals surface area contributed by atoms with Crippen molar-refractivity contribution in [1.29, 1.82) is 0 Å². The number of carbonyl (C=O) groups is 1. The third-order valence-electron chi connectivity index (χ3n) is 4.17. The molecule has 1 aliphatic carbocycles. The van der Waals surface area contributed by atoms with Crippen molar-refractivity contribution in [3.63, 3.8) is 0 Å². The number of non-ortho nitro benzene ring substituents is 1. The third-order valence-corrected chi connectivity index (χ3v) is 6.86. The molecule has 1 amide bonds. The molecule has 2 fully saturated rings. The lowest BCUT2D eigenvalue weighted by Gasteiger charge is -2.28. The maximum atomic E-state index is 12.9. The van der Waals surface area contributed by atoms with Crippen molar-refractivity contribution < 1.29 is 18.1 Å². The number of rotatable bonds is 4. The van der Waals surface area contributed by atoms with Gasteiger partial charge in [-0.2, -0.15) is 0 Å². The van der Waals surface area contributed by atoms with Gasteiger partial charge in [0.05, 0.1) is 22.0 Å². The quantitative estimate of drug-likeness (QED) is 0.397. The molecule has 1 atom stereocenters. The van der Waals surface area contributed by atoms with Crippen LogP contribution in [-0.2, 0) is 9.84 Å². The summed E-state index contributed by atoms with van der Waals surface area (Å²) in [7, 11) is -3.10. The molecule has 2 aliphatic rings. The Morgan fingerprint density at radius 1 is 1.26 bits per heavy atom. The molecule has 0 aromatic heterocycles. The topological polar surface area (TPSA) is 97.6 Å². The molecule has 1 aromatic rings. The van der Waals surface area contributed by atoms with Crippen molar-refractivity contribution in [2.24, 2.45) is 0 Å². The average molecular weight is 450 g/mol. The zero-order valence-corrected chi connectivity index (χ0v) is 15.1. The fourth-order valence-electron chi connectivity index (χ4n) is 2.91. The van der Waals surface area contributed by atoms with Gasteiger partial charge in [0.15, 0.2) is 9.84 Å². The highest BCUT2D eigenvalue weighted by Gasteiger charge is 2.42. The van der Waals surface area contributed by atoms with Crippen LogP contribution in [0.2, 0.25) is 0 Å². The van der Waals surface area contributed by atoms with Gasteiger partial charge in [0, 0.05) is 27.8 Å². The Kier molecular flexibility index (Phi) is 4.34. The maximum Gasteiger partial charge on any atom is 0.270 e. The molecular weight excluding hydrogens is 435 g/mol. The minimum atomic E-state index is -3.10. The summed E-state index contributed by atoms with van der Waals surface area (Å²) in [6, 6.07) is 3.91. The first-order valence-electron chi connectivity index (χ1n) is 7.25. The van der Waals surface area contributed by atoms with Crippen molar-refractivity contribution >= 4 is 44.0 Å². The van der Waals surface area contributed by atoms with Crippen LogP contribution in [0, 0.1) is 13.7 Å². The number of carbonyl (C=O) groups excluding carboxylic acids is 1. The smallest absolute Gasteiger partial charge is 0.270 e. The SMILES string of the molecule is O=C(c1cc([N+](=O)[O-])ccc1I)N(C1CC1)C1CCS(=O)(=O)C1. The highest BCUT2D eigenvalue weighted by atomic mass is 127. The van der Waals surface area contributed by atoms with Crippen LogP contribution in [0.1, 0.15) is 29.6 Å². The van der Waals surface area contributed by atoms with Gasteiger partial charge in [0.1, 0.15) is 0 Å². The number of benzene rings is 1. The molecule has 1 aliphatic heterocycles. The standard InChI is InChI=1S/C14H15IN2O5S/c15-13-4-3-10(17(19)20)7-12(13)14(18)16(9-1-2-9)11-5-6-23(21,22)8-11/h3-4,7,9,11H,1-2,5-6,8H2. The Morgan fingerprint density at radius 2 is 1.96 bits per heavy atom. The van der Waals surface area contributed by atoms with Crippen LogP contribution >= 0.6 is 22.6 Å². The van der Waals surface area contributed by atoms with Gasteiger partial charge in [-0.15, -0.1) is 0 Å². The lowest BCUT2D eigenvalue weighted by atomic mass is 10.1. The number of hydrogen-bond acceptors (Lipinski definition) is 5. The molecule has 124 valence electrons. The maximum absolute atomic E-state index is 12.9. The molecule has 1 saturated carbocycles. The monoisotopic (exact) mass is 450 g/mol. The summed E-state index contributed by atoms with van der Waals surface area (Å²) in [5.74, 6) is -0.219. The predicted molar refractivity (Wildman–Crippen MR) is 92.1 cm³/mol. The number of sulfone groups is 1. The van der Waals surface area contributed by atoms with E-state index in [9.17, 15) is 23.3 Å². The molecule has 1 saturated heterocycles. The number of nitro benzene ring substituents is 1. The molecule has 7 nitrogen and oxygen atoms in total. The predicted octanol–water partition coefficient (Wildman–Crippen LogP) is 1.99. The highest BCUT2D eigenvalue weighted by molar-refractivity contribution is 14.1. The Bertz CT molecular complexity index is 775. The molecule has 1 unspecified atom stereocenters. The minimum absolute atomic E-state index is 0.0131. The van der Waals surface area contributed by atoms with E-state index in [-0.39, 0.29) is 40.7 Å². The first kappa shape index (κ1) is 16.6. The molecule has 23 heavy (non-hydrogen) atoms. The van der Waals surface area contributed by atoms with Crippen molar-refractivity contribution in [1.82, 2.24) is 4.90 Å². The van der Waals surface area contributed by atoms with Crippen LogP contribution in [0.4, 0.5) is 5.69 Å². The number of amides is 1. The summed E-state index contributed by atoms with van der Waals surface area (Å²) in [5.41, 5.74) is 0.138. The lowest BCUT2D eigenvalue weighted by Crippen LogP contribution is -2.43. The van der Waals surface area contributed by atoms with Crippen molar-refractivity contribution in [3.8, 4) is 0 Å². The minimum Gasteiger partial charge on any atom is -0.332 e. The second-order valence-electron chi connectivity index (χ2n) is 5.92. The van der Waals surface area contributed by atoms with E-state index >= 15 is 0 Å². The number of halogens is 1. The summed E-state index contributed by atoms with van der Waals surface area (Å²) < 4.78 is 24.1. The fourth-order valence-corrected chi connectivity index (χ4v) is 5.18. The van der Waals surface area contributed by atoms with Crippen LogP contribution in [0.25, 0.3) is 0 Å². The molecule has 3 rings (SSSR count). The van der Waals surface area contributed by atoms with E-state index in [0.717, 1.165) is 12.8 Å². The van der Waals surface area contributed by atoms with Crippen LogP contribution < -0.4 is 0 Å². The number of hydrogen-bond donors (Lipinski definition) is 0. The van der Waals surface area contributed by atoms with Crippen LogP contribution in [0.3, 0.4) is 0 Å². The van der Waals surface area contributed by atoms with E-state index in [1.807, 2.05) is 22.6 Å². The van der Waals surface area contributed by atoms with Gasteiger partial charge in [0.2, 0.25) is 0 Å². The van der Waals surface area contributed by atoms with Gasteiger partial charge < -0.3 is 4.90 Å². The van der Waals surface area contributed by atoms with Gasteiger partial charge in [-0.05, 0) is 47.9 Å². The van der Waals surface area contributed by atoms with Crippen LogP contribution in [0.5, 0.6) is 0 Å². The Hall–Kier alpha value is -1.23. The number of nitro groups is 1. The Morgan fingerprint density at radius 3 is 2.48 bits per heavy atom. The average Bonchev–Trinajstić information content (AvgIpc) is 3.23. The zero-order valence-electron chi connectivity index (χ0n) is 12.1. The highest BCUT2D eigenvalue weighted by Crippen LogP contribution is 2.34. The van der Waals surface area contributed by atoms with Crippen LogP contribution in [0.15, 0.2) is 18.2 Å². The van der Waals surface area contributed by atoms with E-state index in [0.29, 0.717) is 9.99 Å². The normalized spacial score (nSPS) is 22.7.